The Bertz CT molecular complexity index is 1370. The number of H-pyrrole nitrogens is 1. The van der Waals surface area contributed by atoms with Crippen molar-refractivity contribution in [1.29, 1.82) is 0 Å². The minimum Gasteiger partial charge on any atom is -0.477 e. The normalized spacial score (nSPS) is 13.1. The van der Waals surface area contributed by atoms with Gasteiger partial charge in [0.15, 0.2) is 0 Å². The fourth-order valence-electron chi connectivity index (χ4n) is 3.44. The van der Waals surface area contributed by atoms with Crippen molar-refractivity contribution >= 4 is 39.7 Å². The van der Waals surface area contributed by atoms with Gasteiger partial charge in [-0.1, -0.05) is 0 Å². The largest absolute Gasteiger partial charge is 0.477 e. The molecule has 0 saturated carbocycles. The van der Waals surface area contributed by atoms with Crippen LogP contribution in [-0.4, -0.2) is 43.8 Å². The Labute approximate surface area is 179 Å². The van der Waals surface area contributed by atoms with Gasteiger partial charge < -0.3 is 26.5 Å². The summed E-state index contributed by atoms with van der Waals surface area (Å²) in [6.07, 6.45) is 5.79. The molecule has 0 aromatic carbocycles. The molecular weight excluding hydrogens is 420 g/mol. The number of aromatic amines is 1. The number of nitrogen functional groups attached to an aromatic ring is 1. The van der Waals surface area contributed by atoms with Gasteiger partial charge in [-0.25, -0.2) is 9.67 Å². The first-order valence-corrected chi connectivity index (χ1v) is 10.3. The summed E-state index contributed by atoms with van der Waals surface area (Å²) in [5.74, 6) is 0.338. The number of hydrogen-bond donors (Lipinski definition) is 4. The number of carbonyl (C=O) groups is 1. The van der Waals surface area contributed by atoms with Crippen LogP contribution in [0.15, 0.2) is 29.5 Å². The molecule has 0 radical (unpaired) electrons. The summed E-state index contributed by atoms with van der Waals surface area (Å²) >= 11 is 1.32. The molecule has 6 N–H and O–H groups in total. The van der Waals surface area contributed by atoms with Crippen LogP contribution in [0.3, 0.4) is 0 Å². The van der Waals surface area contributed by atoms with Crippen molar-refractivity contribution in [3.63, 3.8) is 0 Å². The highest BCUT2D eigenvalue weighted by Gasteiger charge is 2.22. The zero-order valence-corrected chi connectivity index (χ0v) is 17.0. The van der Waals surface area contributed by atoms with Gasteiger partial charge in [-0.05, 0) is 6.07 Å². The monoisotopic (exact) mass is 438 g/mol. The predicted octanol–water partition coefficient (Wildman–Crippen LogP) is 1.17. The van der Waals surface area contributed by atoms with Crippen LogP contribution >= 0.6 is 11.3 Å². The fraction of sp³-hybridized carbons (Fsp3) is 0.211. The number of nitrogens with zero attached hydrogens (tertiary/aromatic N) is 4. The van der Waals surface area contributed by atoms with Gasteiger partial charge in [0.1, 0.15) is 16.1 Å². The lowest BCUT2D eigenvalue weighted by atomic mass is 10.2. The molecule has 158 valence electrons. The standard InChI is InChI=1S/C19H18N8O3S/c20-5-13(28)25-9-4-11-16(22-6-9)15(21)14(17(29)26-11)18-23-8-12(31-18)10-7-24-27-2-1-3-30-19(10)27/h4,6-8H,1-3,5,20H2,(H,25,28)(H3,21,26,29). The number of carbonyl (C=O) groups excluding carboxylic acids is 1. The van der Waals surface area contributed by atoms with Crippen molar-refractivity contribution in [1.82, 2.24) is 24.7 Å². The summed E-state index contributed by atoms with van der Waals surface area (Å²) in [5.41, 5.74) is 13.7. The third-order valence-corrected chi connectivity index (χ3v) is 5.93. The molecule has 0 spiro atoms. The Morgan fingerprint density at radius 1 is 1.32 bits per heavy atom. The molecule has 0 unspecified atom stereocenters. The van der Waals surface area contributed by atoms with E-state index >= 15 is 0 Å². The Kier molecular flexibility index (Phi) is 4.64. The molecule has 0 saturated heterocycles. The average molecular weight is 438 g/mol. The summed E-state index contributed by atoms with van der Waals surface area (Å²) in [6, 6.07) is 1.58. The molecule has 5 rings (SSSR count). The maximum atomic E-state index is 12.8. The van der Waals surface area contributed by atoms with E-state index in [1.54, 1.807) is 18.5 Å². The van der Waals surface area contributed by atoms with Crippen LogP contribution in [0.5, 0.6) is 5.88 Å². The van der Waals surface area contributed by atoms with E-state index in [0.717, 1.165) is 23.4 Å². The van der Waals surface area contributed by atoms with Gasteiger partial charge in [0, 0.05) is 19.2 Å². The first kappa shape index (κ1) is 19.2. The molecular formula is C19H18N8O3S. The highest BCUT2D eigenvalue weighted by Crippen LogP contribution is 2.39. The van der Waals surface area contributed by atoms with E-state index in [9.17, 15) is 9.59 Å². The third-order valence-electron chi connectivity index (χ3n) is 4.89. The van der Waals surface area contributed by atoms with E-state index < -0.39 is 5.56 Å². The second kappa shape index (κ2) is 7.49. The number of pyridine rings is 2. The van der Waals surface area contributed by atoms with Gasteiger partial charge >= 0.3 is 0 Å². The minimum atomic E-state index is -0.400. The topological polar surface area (TPSA) is 167 Å². The van der Waals surface area contributed by atoms with Crippen molar-refractivity contribution < 1.29 is 9.53 Å². The first-order chi connectivity index (χ1) is 15.0. The Morgan fingerprint density at radius 2 is 2.19 bits per heavy atom. The number of aromatic nitrogens is 5. The number of fused-ring (bicyclic) bond motifs is 2. The molecule has 1 amide bonds. The lowest BCUT2D eigenvalue weighted by Gasteiger charge is -2.15. The molecule has 4 aromatic rings. The predicted molar refractivity (Wildman–Crippen MR) is 117 cm³/mol. The van der Waals surface area contributed by atoms with Gasteiger partial charge in [-0.2, -0.15) is 5.10 Å². The zero-order chi connectivity index (χ0) is 21.5. The lowest BCUT2D eigenvalue weighted by Crippen LogP contribution is -2.22. The highest BCUT2D eigenvalue weighted by atomic mass is 32.1. The molecule has 12 heteroatoms. The van der Waals surface area contributed by atoms with Crippen LogP contribution in [-0.2, 0) is 11.3 Å². The smallest absolute Gasteiger partial charge is 0.260 e. The summed E-state index contributed by atoms with van der Waals surface area (Å²) in [4.78, 5) is 36.6. The number of nitrogens with two attached hydrogens (primary N) is 2. The maximum absolute atomic E-state index is 12.8. The molecule has 4 aromatic heterocycles. The van der Waals surface area contributed by atoms with Gasteiger partial charge in [-0.15, -0.1) is 11.3 Å². The van der Waals surface area contributed by atoms with E-state index in [1.165, 1.54) is 17.5 Å². The molecule has 11 nitrogen and oxygen atoms in total. The fourth-order valence-corrected chi connectivity index (χ4v) is 4.42. The minimum absolute atomic E-state index is 0.159. The summed E-state index contributed by atoms with van der Waals surface area (Å²) in [6.45, 7) is 1.28. The maximum Gasteiger partial charge on any atom is 0.260 e. The van der Waals surface area contributed by atoms with Crippen LogP contribution in [0.2, 0.25) is 0 Å². The quantitative estimate of drug-likeness (QED) is 0.368. The van der Waals surface area contributed by atoms with Crippen LogP contribution in [0.1, 0.15) is 6.42 Å². The molecule has 0 fully saturated rings. The number of aryl methyl sites for hydroxylation is 1. The van der Waals surface area contributed by atoms with Gasteiger partial charge in [0.25, 0.3) is 5.56 Å². The molecule has 1 aliphatic heterocycles. The van der Waals surface area contributed by atoms with E-state index in [1.807, 2.05) is 4.68 Å². The van der Waals surface area contributed by atoms with Crippen LogP contribution in [0, 0.1) is 0 Å². The number of hydrogen-bond acceptors (Lipinski definition) is 9. The molecule has 31 heavy (non-hydrogen) atoms. The van der Waals surface area contributed by atoms with Gasteiger partial charge in [-0.3, -0.25) is 14.6 Å². The highest BCUT2D eigenvalue weighted by molar-refractivity contribution is 7.18. The van der Waals surface area contributed by atoms with Crippen molar-refractivity contribution in [2.45, 2.75) is 13.0 Å². The number of nitrogens with one attached hydrogen (secondary N) is 2. The van der Waals surface area contributed by atoms with E-state index in [4.69, 9.17) is 16.2 Å². The van der Waals surface area contributed by atoms with Crippen molar-refractivity contribution in [3.05, 3.63) is 35.0 Å². The van der Waals surface area contributed by atoms with E-state index in [0.29, 0.717) is 34.2 Å². The number of rotatable bonds is 4. The molecule has 1 aliphatic rings. The second-order valence-corrected chi connectivity index (χ2v) is 7.96. The summed E-state index contributed by atoms with van der Waals surface area (Å²) in [5, 5.41) is 7.42. The SMILES string of the molecule is NCC(=O)Nc1cnc2c(N)c(-c3ncc(-c4cnn5c4OCCC5)s3)c(=O)[nH]c2c1. The summed E-state index contributed by atoms with van der Waals surface area (Å²) < 4.78 is 7.57. The van der Waals surface area contributed by atoms with E-state index in [-0.39, 0.29) is 23.7 Å². The third kappa shape index (κ3) is 3.31. The molecule has 0 bridgehead atoms. The molecule has 0 atom stereocenters. The molecule has 0 aliphatic carbocycles. The van der Waals surface area contributed by atoms with Crippen LogP contribution in [0.25, 0.3) is 32.0 Å². The second-order valence-electron chi connectivity index (χ2n) is 6.93. The van der Waals surface area contributed by atoms with Crippen LogP contribution in [0.4, 0.5) is 11.4 Å². The Hall–Kier alpha value is -3.77. The first-order valence-electron chi connectivity index (χ1n) is 9.51. The van der Waals surface area contributed by atoms with Crippen molar-refractivity contribution in [2.24, 2.45) is 5.73 Å². The molecule has 5 heterocycles. The number of ether oxygens (including phenoxy) is 1. The lowest BCUT2D eigenvalue weighted by molar-refractivity contribution is -0.114. The summed E-state index contributed by atoms with van der Waals surface area (Å²) in [7, 11) is 0. The van der Waals surface area contributed by atoms with Crippen molar-refractivity contribution in [2.75, 3.05) is 24.2 Å². The number of amides is 1. The average Bonchev–Trinajstić information content (AvgIpc) is 3.40. The van der Waals surface area contributed by atoms with Gasteiger partial charge in [0.05, 0.1) is 52.9 Å². The zero-order valence-electron chi connectivity index (χ0n) is 16.2. The van der Waals surface area contributed by atoms with Crippen molar-refractivity contribution in [3.8, 4) is 26.9 Å². The van der Waals surface area contributed by atoms with E-state index in [2.05, 4.69) is 25.4 Å². The van der Waals surface area contributed by atoms with Gasteiger partial charge in [0.2, 0.25) is 11.8 Å². The number of anilines is 2. The number of thiazole rings is 1. The Morgan fingerprint density at radius 3 is 3.03 bits per heavy atom. The Balaban J connectivity index is 1.55. The van der Waals surface area contributed by atoms with Crippen LogP contribution < -0.4 is 27.1 Å².